The lowest BCUT2D eigenvalue weighted by Gasteiger charge is -2.22. The standard InChI is InChI=1S/C14H32N2/c1-5-7-8-9-10-15-11-12-16(6-2)13-14(3)4/h14-15H,5-13H2,1-4H3. The molecule has 0 radical (unpaired) electrons. The summed E-state index contributed by atoms with van der Waals surface area (Å²) in [6.45, 7) is 15.0. The number of rotatable bonds is 11. The highest BCUT2D eigenvalue weighted by atomic mass is 15.1. The molecule has 1 N–H and O–H groups in total. The Hall–Kier alpha value is -0.0800. The minimum absolute atomic E-state index is 0.782. The van der Waals surface area contributed by atoms with Crippen LogP contribution in [-0.4, -0.2) is 37.6 Å². The van der Waals surface area contributed by atoms with E-state index >= 15 is 0 Å². The molecule has 16 heavy (non-hydrogen) atoms. The van der Waals surface area contributed by atoms with Gasteiger partial charge in [0.1, 0.15) is 0 Å². The number of nitrogens with zero attached hydrogens (tertiary/aromatic N) is 1. The van der Waals surface area contributed by atoms with E-state index in [-0.39, 0.29) is 0 Å². The molecule has 0 aromatic carbocycles. The van der Waals surface area contributed by atoms with Gasteiger partial charge in [-0.15, -0.1) is 0 Å². The first-order valence-corrected chi connectivity index (χ1v) is 7.13. The zero-order valence-corrected chi connectivity index (χ0v) is 11.9. The van der Waals surface area contributed by atoms with E-state index in [4.69, 9.17) is 0 Å². The molecule has 2 nitrogen and oxygen atoms in total. The molecule has 0 amide bonds. The van der Waals surface area contributed by atoms with Crippen LogP contribution in [-0.2, 0) is 0 Å². The molecule has 0 bridgehead atoms. The fourth-order valence-electron chi connectivity index (χ4n) is 1.93. The van der Waals surface area contributed by atoms with Gasteiger partial charge in [0.25, 0.3) is 0 Å². The molecule has 0 rings (SSSR count). The average Bonchev–Trinajstić information content (AvgIpc) is 2.25. The highest BCUT2D eigenvalue weighted by Gasteiger charge is 2.03. The lowest BCUT2D eigenvalue weighted by molar-refractivity contribution is 0.256. The van der Waals surface area contributed by atoms with Crippen LogP contribution in [0.15, 0.2) is 0 Å². The number of hydrogen-bond donors (Lipinski definition) is 1. The minimum atomic E-state index is 0.782. The molecule has 0 saturated heterocycles. The molecule has 0 atom stereocenters. The van der Waals surface area contributed by atoms with Crippen LogP contribution in [0.1, 0.15) is 53.4 Å². The first-order valence-electron chi connectivity index (χ1n) is 7.13. The first kappa shape index (κ1) is 15.9. The SMILES string of the molecule is CCCCCCNCCN(CC)CC(C)C. The summed E-state index contributed by atoms with van der Waals surface area (Å²) in [5, 5.41) is 3.54. The summed E-state index contributed by atoms with van der Waals surface area (Å²) in [4.78, 5) is 2.53. The van der Waals surface area contributed by atoms with Crippen molar-refractivity contribution < 1.29 is 0 Å². The second-order valence-electron chi connectivity index (χ2n) is 5.10. The Morgan fingerprint density at radius 1 is 1.00 bits per heavy atom. The molecule has 0 aromatic rings. The fourth-order valence-corrected chi connectivity index (χ4v) is 1.93. The Labute approximate surface area is 103 Å². The van der Waals surface area contributed by atoms with E-state index in [1.165, 1.54) is 51.9 Å². The van der Waals surface area contributed by atoms with E-state index < -0.39 is 0 Å². The van der Waals surface area contributed by atoms with Crippen molar-refractivity contribution in [1.29, 1.82) is 0 Å². The average molecular weight is 228 g/mol. The van der Waals surface area contributed by atoms with E-state index in [0.29, 0.717) is 0 Å². The van der Waals surface area contributed by atoms with Crippen LogP contribution < -0.4 is 5.32 Å². The molecule has 0 saturated carbocycles. The molecule has 2 heteroatoms. The maximum absolute atomic E-state index is 3.54. The molecule has 0 aliphatic rings. The van der Waals surface area contributed by atoms with Crippen LogP contribution in [0.25, 0.3) is 0 Å². The number of hydrogen-bond acceptors (Lipinski definition) is 2. The summed E-state index contributed by atoms with van der Waals surface area (Å²) in [6.07, 6.45) is 5.44. The quantitative estimate of drug-likeness (QED) is 0.547. The smallest absolute Gasteiger partial charge is 0.0107 e. The summed E-state index contributed by atoms with van der Waals surface area (Å²) < 4.78 is 0. The normalized spacial score (nSPS) is 11.6. The number of likely N-dealkylation sites (N-methyl/N-ethyl adjacent to an activating group) is 1. The second-order valence-corrected chi connectivity index (χ2v) is 5.10. The van der Waals surface area contributed by atoms with Crippen LogP contribution in [0.2, 0.25) is 0 Å². The number of nitrogens with one attached hydrogen (secondary N) is 1. The molecule has 0 unspecified atom stereocenters. The highest BCUT2D eigenvalue weighted by Crippen LogP contribution is 1.98. The van der Waals surface area contributed by atoms with Gasteiger partial charge >= 0.3 is 0 Å². The van der Waals surface area contributed by atoms with Gasteiger partial charge in [-0.05, 0) is 25.4 Å². The lowest BCUT2D eigenvalue weighted by Crippen LogP contribution is -2.34. The van der Waals surface area contributed by atoms with Crippen molar-refractivity contribution in [1.82, 2.24) is 10.2 Å². The Morgan fingerprint density at radius 2 is 1.75 bits per heavy atom. The Morgan fingerprint density at radius 3 is 2.31 bits per heavy atom. The van der Waals surface area contributed by atoms with Crippen LogP contribution in [0.4, 0.5) is 0 Å². The maximum atomic E-state index is 3.54. The van der Waals surface area contributed by atoms with Gasteiger partial charge in [-0.1, -0.05) is 47.0 Å². The molecule has 98 valence electrons. The Balaban J connectivity index is 3.27. The van der Waals surface area contributed by atoms with Gasteiger partial charge in [-0.3, -0.25) is 0 Å². The van der Waals surface area contributed by atoms with E-state index in [9.17, 15) is 0 Å². The molecule has 0 fully saturated rings. The largest absolute Gasteiger partial charge is 0.315 e. The fraction of sp³-hybridized carbons (Fsp3) is 1.00. The second kappa shape index (κ2) is 11.4. The van der Waals surface area contributed by atoms with Crippen molar-refractivity contribution in [2.45, 2.75) is 53.4 Å². The van der Waals surface area contributed by atoms with Gasteiger partial charge in [-0.25, -0.2) is 0 Å². The van der Waals surface area contributed by atoms with Gasteiger partial charge in [0.2, 0.25) is 0 Å². The van der Waals surface area contributed by atoms with E-state index in [2.05, 4.69) is 37.9 Å². The van der Waals surface area contributed by atoms with Crippen LogP contribution in [0, 0.1) is 5.92 Å². The molecule has 0 aliphatic carbocycles. The van der Waals surface area contributed by atoms with Gasteiger partial charge in [0.15, 0.2) is 0 Å². The summed E-state index contributed by atoms with van der Waals surface area (Å²) >= 11 is 0. The Bertz CT molecular complexity index is 135. The van der Waals surface area contributed by atoms with E-state index in [1.807, 2.05) is 0 Å². The third-order valence-corrected chi connectivity index (χ3v) is 2.88. The maximum Gasteiger partial charge on any atom is 0.0107 e. The molecule has 0 heterocycles. The molecular weight excluding hydrogens is 196 g/mol. The minimum Gasteiger partial charge on any atom is -0.315 e. The van der Waals surface area contributed by atoms with Crippen molar-refractivity contribution >= 4 is 0 Å². The Kier molecular flexibility index (Phi) is 11.3. The number of unbranched alkanes of at least 4 members (excludes halogenated alkanes) is 3. The zero-order chi connectivity index (χ0) is 12.2. The van der Waals surface area contributed by atoms with Crippen molar-refractivity contribution in [3.05, 3.63) is 0 Å². The third-order valence-electron chi connectivity index (χ3n) is 2.88. The van der Waals surface area contributed by atoms with Crippen LogP contribution in [0.5, 0.6) is 0 Å². The van der Waals surface area contributed by atoms with Crippen LogP contribution >= 0.6 is 0 Å². The van der Waals surface area contributed by atoms with Crippen molar-refractivity contribution in [2.75, 3.05) is 32.7 Å². The third kappa shape index (κ3) is 10.4. The molecule has 0 aliphatic heterocycles. The van der Waals surface area contributed by atoms with Crippen molar-refractivity contribution in [2.24, 2.45) is 5.92 Å². The van der Waals surface area contributed by atoms with Crippen LogP contribution in [0.3, 0.4) is 0 Å². The zero-order valence-electron chi connectivity index (χ0n) is 11.9. The molecule has 0 spiro atoms. The van der Waals surface area contributed by atoms with E-state index in [1.54, 1.807) is 0 Å². The van der Waals surface area contributed by atoms with Gasteiger partial charge in [-0.2, -0.15) is 0 Å². The molecular formula is C14H32N2. The first-order chi connectivity index (χ1) is 7.70. The van der Waals surface area contributed by atoms with Crippen molar-refractivity contribution in [3.63, 3.8) is 0 Å². The van der Waals surface area contributed by atoms with Gasteiger partial charge in [0, 0.05) is 19.6 Å². The van der Waals surface area contributed by atoms with Gasteiger partial charge < -0.3 is 10.2 Å². The van der Waals surface area contributed by atoms with Crippen molar-refractivity contribution in [3.8, 4) is 0 Å². The summed E-state index contributed by atoms with van der Waals surface area (Å²) in [5.74, 6) is 0.782. The summed E-state index contributed by atoms with van der Waals surface area (Å²) in [5.41, 5.74) is 0. The molecule has 0 aromatic heterocycles. The predicted octanol–water partition coefficient (Wildman–Crippen LogP) is 3.13. The topological polar surface area (TPSA) is 15.3 Å². The van der Waals surface area contributed by atoms with E-state index in [0.717, 1.165) is 12.5 Å². The highest BCUT2D eigenvalue weighted by molar-refractivity contribution is 4.60. The van der Waals surface area contributed by atoms with Gasteiger partial charge in [0.05, 0.1) is 0 Å². The summed E-state index contributed by atoms with van der Waals surface area (Å²) in [7, 11) is 0. The summed E-state index contributed by atoms with van der Waals surface area (Å²) in [6, 6.07) is 0. The predicted molar refractivity (Wildman–Crippen MR) is 74.0 cm³/mol. The lowest BCUT2D eigenvalue weighted by atomic mass is 10.2. The monoisotopic (exact) mass is 228 g/mol.